The Morgan fingerprint density at radius 2 is 1.94 bits per heavy atom. The van der Waals surface area contributed by atoms with Crippen LogP contribution in [0.2, 0.25) is 10.0 Å². The van der Waals surface area contributed by atoms with Crippen LogP contribution >= 0.6 is 34.5 Å². The molecule has 0 aliphatic heterocycles. The largest absolute Gasteiger partial charge is 0.397 e. The van der Waals surface area contributed by atoms with Crippen molar-refractivity contribution in [2.75, 3.05) is 5.73 Å². The van der Waals surface area contributed by atoms with Crippen molar-refractivity contribution in [3.8, 4) is 16.5 Å². The summed E-state index contributed by atoms with van der Waals surface area (Å²) in [6.07, 6.45) is 0.737. The van der Waals surface area contributed by atoms with E-state index in [0.717, 1.165) is 22.4 Å². The fraction of sp³-hybridized carbons (Fsp3) is 0.154. The lowest BCUT2D eigenvalue weighted by atomic mass is 10.1. The van der Waals surface area contributed by atoms with Gasteiger partial charge in [-0.2, -0.15) is 5.26 Å². The van der Waals surface area contributed by atoms with Gasteiger partial charge in [0.15, 0.2) is 0 Å². The summed E-state index contributed by atoms with van der Waals surface area (Å²) in [6, 6.07) is 7.46. The smallest absolute Gasteiger partial charge is 0.128 e. The molecule has 0 bridgehead atoms. The van der Waals surface area contributed by atoms with Gasteiger partial charge in [-0.3, -0.25) is 0 Å². The van der Waals surface area contributed by atoms with E-state index in [1.165, 1.54) is 11.3 Å². The molecule has 0 aliphatic rings. The van der Waals surface area contributed by atoms with Crippen LogP contribution in [0, 0.1) is 11.3 Å². The minimum Gasteiger partial charge on any atom is -0.397 e. The number of nitrogens with two attached hydrogens (primary N) is 1. The Labute approximate surface area is 120 Å². The van der Waals surface area contributed by atoms with E-state index in [9.17, 15) is 0 Å². The Balaban J connectivity index is 2.76. The molecule has 2 nitrogen and oxygen atoms in total. The normalized spacial score (nSPS) is 10.3. The van der Waals surface area contributed by atoms with E-state index in [0.29, 0.717) is 20.6 Å². The van der Waals surface area contributed by atoms with Crippen LogP contribution in [0.25, 0.3) is 10.4 Å². The second-order valence-electron chi connectivity index (χ2n) is 3.71. The molecule has 2 aromatic rings. The molecular weight excluding hydrogens is 287 g/mol. The van der Waals surface area contributed by atoms with Crippen molar-refractivity contribution in [2.45, 2.75) is 13.3 Å². The van der Waals surface area contributed by atoms with Crippen molar-refractivity contribution in [3.05, 3.63) is 38.7 Å². The Morgan fingerprint density at radius 3 is 2.44 bits per heavy atom. The van der Waals surface area contributed by atoms with Crippen molar-refractivity contribution in [2.24, 2.45) is 0 Å². The van der Waals surface area contributed by atoms with Gasteiger partial charge in [0.05, 0.1) is 15.7 Å². The second kappa shape index (κ2) is 5.19. The Kier molecular flexibility index (Phi) is 3.82. The first-order valence-corrected chi connectivity index (χ1v) is 6.93. The zero-order valence-corrected chi connectivity index (χ0v) is 12.0. The highest BCUT2D eigenvalue weighted by molar-refractivity contribution is 7.17. The molecule has 2 rings (SSSR count). The van der Waals surface area contributed by atoms with Gasteiger partial charge in [-0.1, -0.05) is 36.2 Å². The average molecular weight is 297 g/mol. The van der Waals surface area contributed by atoms with Crippen molar-refractivity contribution >= 4 is 40.2 Å². The topological polar surface area (TPSA) is 49.8 Å². The fourth-order valence-electron chi connectivity index (χ4n) is 1.83. The molecule has 0 saturated carbocycles. The number of hydrogen-bond donors (Lipinski definition) is 1. The van der Waals surface area contributed by atoms with Gasteiger partial charge in [-0.05, 0) is 24.1 Å². The highest BCUT2D eigenvalue weighted by Gasteiger charge is 2.19. The maximum absolute atomic E-state index is 9.05. The molecule has 1 aromatic carbocycles. The van der Waals surface area contributed by atoms with Crippen molar-refractivity contribution in [3.63, 3.8) is 0 Å². The van der Waals surface area contributed by atoms with Gasteiger partial charge in [0.25, 0.3) is 0 Å². The minimum atomic E-state index is 0.512. The molecule has 2 N–H and O–H groups in total. The van der Waals surface area contributed by atoms with E-state index in [1.807, 2.05) is 6.92 Å². The summed E-state index contributed by atoms with van der Waals surface area (Å²) in [5.41, 5.74) is 8.20. The summed E-state index contributed by atoms with van der Waals surface area (Å²) >= 11 is 13.7. The Hall–Kier alpha value is -1.21. The average Bonchev–Trinajstić information content (AvgIpc) is 2.65. The molecule has 0 fully saturated rings. The molecule has 1 aromatic heterocycles. The number of hydrogen-bond acceptors (Lipinski definition) is 3. The number of nitrogens with zero attached hydrogens (tertiary/aromatic N) is 1. The van der Waals surface area contributed by atoms with Gasteiger partial charge >= 0.3 is 0 Å². The lowest BCUT2D eigenvalue weighted by Gasteiger charge is -2.07. The summed E-state index contributed by atoms with van der Waals surface area (Å²) in [5, 5.41) is 10.2. The van der Waals surface area contributed by atoms with Crippen LogP contribution in [-0.2, 0) is 6.42 Å². The van der Waals surface area contributed by atoms with Crippen LogP contribution in [0.15, 0.2) is 18.2 Å². The van der Waals surface area contributed by atoms with Crippen molar-refractivity contribution < 1.29 is 0 Å². The van der Waals surface area contributed by atoms with E-state index < -0.39 is 0 Å². The maximum atomic E-state index is 9.05. The third-order valence-electron chi connectivity index (χ3n) is 2.69. The maximum Gasteiger partial charge on any atom is 0.128 e. The predicted octanol–water partition coefficient (Wildman–Crippen LogP) is 4.74. The van der Waals surface area contributed by atoms with Crippen LogP contribution in [0.5, 0.6) is 0 Å². The highest BCUT2D eigenvalue weighted by Crippen LogP contribution is 2.44. The van der Waals surface area contributed by atoms with Crippen molar-refractivity contribution in [1.29, 1.82) is 5.26 Å². The molecule has 0 spiro atoms. The van der Waals surface area contributed by atoms with E-state index in [4.69, 9.17) is 34.2 Å². The summed E-state index contributed by atoms with van der Waals surface area (Å²) in [4.78, 5) is 1.40. The van der Waals surface area contributed by atoms with Crippen LogP contribution in [0.4, 0.5) is 5.69 Å². The van der Waals surface area contributed by atoms with E-state index in [-0.39, 0.29) is 0 Å². The second-order valence-corrected chi connectivity index (χ2v) is 5.55. The highest BCUT2D eigenvalue weighted by atomic mass is 35.5. The molecule has 0 saturated heterocycles. The number of anilines is 1. The van der Waals surface area contributed by atoms with Crippen LogP contribution in [-0.4, -0.2) is 0 Å². The van der Waals surface area contributed by atoms with Crippen LogP contribution in [0.3, 0.4) is 0 Å². The Bertz CT molecular complexity index is 621. The van der Waals surface area contributed by atoms with Crippen LogP contribution < -0.4 is 5.73 Å². The zero-order valence-electron chi connectivity index (χ0n) is 9.63. The third kappa shape index (κ3) is 2.08. The summed E-state index contributed by atoms with van der Waals surface area (Å²) in [7, 11) is 0. The number of benzene rings is 1. The molecule has 0 amide bonds. The lowest BCUT2D eigenvalue weighted by Crippen LogP contribution is -1.92. The van der Waals surface area contributed by atoms with Gasteiger partial charge in [0, 0.05) is 10.4 Å². The minimum absolute atomic E-state index is 0.512. The van der Waals surface area contributed by atoms with Gasteiger partial charge in [-0.25, -0.2) is 0 Å². The molecular formula is C13H10Cl2N2S. The molecule has 0 unspecified atom stereocenters. The number of nitriles is 1. The molecule has 5 heteroatoms. The van der Waals surface area contributed by atoms with Gasteiger partial charge in [-0.15, -0.1) is 11.3 Å². The first kappa shape index (κ1) is 13.2. The molecule has 92 valence electrons. The van der Waals surface area contributed by atoms with Crippen LogP contribution in [0.1, 0.15) is 17.4 Å². The van der Waals surface area contributed by atoms with Gasteiger partial charge in [0.1, 0.15) is 10.9 Å². The number of halogens is 2. The fourth-order valence-corrected chi connectivity index (χ4v) is 3.71. The molecule has 0 aliphatic carbocycles. The van der Waals surface area contributed by atoms with Crippen molar-refractivity contribution in [1.82, 2.24) is 0 Å². The quantitative estimate of drug-likeness (QED) is 0.870. The Morgan fingerprint density at radius 1 is 1.33 bits per heavy atom. The molecule has 0 atom stereocenters. The van der Waals surface area contributed by atoms with Gasteiger partial charge in [0.2, 0.25) is 0 Å². The number of rotatable bonds is 2. The monoisotopic (exact) mass is 296 g/mol. The number of nitrogen functional groups attached to an aromatic ring is 1. The van der Waals surface area contributed by atoms with E-state index >= 15 is 0 Å². The first-order chi connectivity index (χ1) is 8.60. The predicted molar refractivity (Wildman–Crippen MR) is 78.3 cm³/mol. The summed E-state index contributed by atoms with van der Waals surface area (Å²) in [5.74, 6) is 0. The molecule has 0 radical (unpaired) electrons. The molecule has 1 heterocycles. The lowest BCUT2D eigenvalue weighted by molar-refractivity contribution is 1.16. The first-order valence-electron chi connectivity index (χ1n) is 5.35. The number of thiophene rings is 1. The third-order valence-corrected chi connectivity index (χ3v) is 4.49. The standard InChI is InChI=1S/C13H10Cl2N2S/c1-2-7-12(17)10(6-16)18-13(7)11-8(14)4-3-5-9(11)15/h3-5H,2,17H2,1H3. The molecule has 18 heavy (non-hydrogen) atoms. The summed E-state index contributed by atoms with van der Waals surface area (Å²) < 4.78 is 0. The summed E-state index contributed by atoms with van der Waals surface area (Å²) in [6.45, 7) is 1.99. The van der Waals surface area contributed by atoms with Gasteiger partial charge < -0.3 is 5.73 Å². The SMILES string of the molecule is CCc1c(-c2c(Cl)cccc2Cl)sc(C#N)c1N. The zero-order chi connectivity index (χ0) is 13.3. The van der Waals surface area contributed by atoms with E-state index in [1.54, 1.807) is 18.2 Å². The van der Waals surface area contributed by atoms with E-state index in [2.05, 4.69) is 6.07 Å².